The van der Waals surface area contributed by atoms with Gasteiger partial charge in [0, 0.05) is 73.2 Å². The van der Waals surface area contributed by atoms with E-state index in [1.54, 1.807) is 0 Å². The third kappa shape index (κ3) is 1.57. The predicted octanol–water partition coefficient (Wildman–Crippen LogP) is 2.94. The molecule has 1 N–H and O–H groups in total. The first-order valence-corrected chi connectivity index (χ1v) is 4.40. The fraction of sp³-hybridized carbons (Fsp3) is 0. The molecule has 2 heteroatoms. The third-order valence-electron chi connectivity index (χ3n) is 2.41. The molecule has 0 bridgehead atoms. The molecule has 0 saturated heterocycles. The van der Waals surface area contributed by atoms with Crippen molar-refractivity contribution in [2.75, 3.05) is 0 Å². The third-order valence-corrected chi connectivity index (χ3v) is 2.41. The van der Waals surface area contributed by atoms with Crippen molar-refractivity contribution in [3.05, 3.63) is 48.5 Å². The molecule has 0 aliphatic heterocycles. The minimum atomic E-state index is 0. The molecule has 1 heterocycles. The molecule has 1 nitrogen and oxygen atoms in total. The Morgan fingerprint density at radius 2 is 1.07 bits per heavy atom. The van der Waals surface area contributed by atoms with Gasteiger partial charge in [0.05, 0.1) is 0 Å². The Balaban J connectivity index is 0.000000750. The molecule has 0 aliphatic carbocycles. The monoisotopic (exact) mass is 206 g/mol. The maximum atomic E-state index is 3.38. The molecule has 0 amide bonds. The zero-order chi connectivity index (χ0) is 8.67. The molecule has 63 valence electrons. The standard InChI is InChI=1S/C12H9N.K/c1-3-7-11-9(5-1)10-6-2-4-8-12(10)13-11;/h1-8,13H;. The predicted molar refractivity (Wildman–Crippen MR) is 61.6 cm³/mol. The van der Waals surface area contributed by atoms with Crippen LogP contribution in [0.25, 0.3) is 21.8 Å². The van der Waals surface area contributed by atoms with Crippen molar-refractivity contribution < 1.29 is 0 Å². The number of nitrogens with one attached hydrogen (secondary N) is 1. The van der Waals surface area contributed by atoms with E-state index in [2.05, 4.69) is 53.5 Å². The molecule has 1 radical (unpaired) electrons. The molecular formula is C12H9KN. The Labute approximate surface area is 125 Å². The van der Waals surface area contributed by atoms with E-state index >= 15 is 0 Å². The number of para-hydroxylation sites is 2. The molecule has 0 aliphatic rings. The summed E-state index contributed by atoms with van der Waals surface area (Å²) >= 11 is 0. The van der Waals surface area contributed by atoms with Crippen LogP contribution in [0.2, 0.25) is 0 Å². The van der Waals surface area contributed by atoms with Gasteiger partial charge in [0.2, 0.25) is 0 Å². The molecule has 0 saturated carbocycles. The smallest absolute Gasteiger partial charge is 0.0464 e. The van der Waals surface area contributed by atoms with Gasteiger partial charge in [-0.2, -0.15) is 0 Å². The van der Waals surface area contributed by atoms with Crippen molar-refractivity contribution in [3.8, 4) is 0 Å². The average molecular weight is 206 g/mol. The van der Waals surface area contributed by atoms with Gasteiger partial charge in [0.25, 0.3) is 0 Å². The summed E-state index contributed by atoms with van der Waals surface area (Å²) in [6, 6.07) is 16.8. The molecule has 3 rings (SSSR count). The zero-order valence-corrected chi connectivity index (χ0v) is 11.2. The topological polar surface area (TPSA) is 15.8 Å². The first-order valence-electron chi connectivity index (χ1n) is 4.40. The molecule has 3 aromatic rings. The minimum absolute atomic E-state index is 0. The van der Waals surface area contributed by atoms with E-state index in [4.69, 9.17) is 0 Å². The van der Waals surface area contributed by atoms with Crippen molar-refractivity contribution in [1.29, 1.82) is 0 Å². The molecule has 0 atom stereocenters. The van der Waals surface area contributed by atoms with Gasteiger partial charge in [-0.25, -0.2) is 0 Å². The van der Waals surface area contributed by atoms with E-state index < -0.39 is 0 Å². The fourth-order valence-corrected chi connectivity index (χ4v) is 1.80. The van der Waals surface area contributed by atoms with Gasteiger partial charge in [-0.15, -0.1) is 0 Å². The van der Waals surface area contributed by atoms with Crippen molar-refractivity contribution in [1.82, 2.24) is 4.98 Å². The molecule has 1 aromatic heterocycles. The van der Waals surface area contributed by atoms with Crippen LogP contribution in [0.1, 0.15) is 0 Å². The number of fused-ring (bicyclic) bond motifs is 3. The maximum absolute atomic E-state index is 3.38. The zero-order valence-electron chi connectivity index (χ0n) is 8.12. The second-order valence-electron chi connectivity index (χ2n) is 3.22. The van der Waals surface area contributed by atoms with Crippen LogP contribution in [0.5, 0.6) is 0 Å². The van der Waals surface area contributed by atoms with E-state index in [-0.39, 0.29) is 51.4 Å². The Kier molecular flexibility index (Phi) is 3.09. The number of rotatable bonds is 0. The largest absolute Gasteiger partial charge is 0.355 e. The van der Waals surface area contributed by atoms with Crippen LogP contribution in [0.4, 0.5) is 0 Å². The van der Waals surface area contributed by atoms with E-state index in [0.717, 1.165) is 0 Å². The number of aromatic nitrogens is 1. The summed E-state index contributed by atoms with van der Waals surface area (Å²) < 4.78 is 0. The number of aromatic amines is 1. The number of benzene rings is 2. The minimum Gasteiger partial charge on any atom is -0.355 e. The van der Waals surface area contributed by atoms with Crippen LogP contribution in [0, 0.1) is 0 Å². The molecule has 2 aromatic carbocycles. The SMILES string of the molecule is [K].c1ccc2c(c1)[nH]c1ccccc12. The average Bonchev–Trinajstić information content (AvgIpc) is 2.56. The van der Waals surface area contributed by atoms with Crippen LogP contribution >= 0.6 is 0 Å². The summed E-state index contributed by atoms with van der Waals surface area (Å²) in [6.07, 6.45) is 0. The Morgan fingerprint density at radius 1 is 0.643 bits per heavy atom. The van der Waals surface area contributed by atoms with E-state index in [1.807, 2.05) is 0 Å². The Morgan fingerprint density at radius 3 is 1.57 bits per heavy atom. The van der Waals surface area contributed by atoms with Crippen LogP contribution in [0.3, 0.4) is 0 Å². The molecular weight excluding hydrogens is 197 g/mol. The second-order valence-corrected chi connectivity index (χ2v) is 3.22. The summed E-state index contributed by atoms with van der Waals surface area (Å²) in [7, 11) is 0. The van der Waals surface area contributed by atoms with Gasteiger partial charge in [0.15, 0.2) is 0 Å². The van der Waals surface area contributed by atoms with Crippen LogP contribution < -0.4 is 0 Å². The van der Waals surface area contributed by atoms with E-state index in [9.17, 15) is 0 Å². The Hall–Kier alpha value is -0.124. The summed E-state index contributed by atoms with van der Waals surface area (Å²) in [5.41, 5.74) is 2.42. The number of H-pyrrole nitrogens is 1. The van der Waals surface area contributed by atoms with E-state index in [0.29, 0.717) is 0 Å². The fourth-order valence-electron chi connectivity index (χ4n) is 1.80. The van der Waals surface area contributed by atoms with Crippen LogP contribution in [0.15, 0.2) is 48.5 Å². The molecule has 14 heavy (non-hydrogen) atoms. The first kappa shape index (κ1) is 10.4. The normalized spacial score (nSPS) is 10.3. The second kappa shape index (κ2) is 4.17. The summed E-state index contributed by atoms with van der Waals surface area (Å²) in [5.74, 6) is 0. The van der Waals surface area contributed by atoms with Crippen LogP contribution in [-0.4, -0.2) is 56.4 Å². The van der Waals surface area contributed by atoms with Gasteiger partial charge in [-0.05, 0) is 12.1 Å². The van der Waals surface area contributed by atoms with Gasteiger partial charge in [0.1, 0.15) is 0 Å². The van der Waals surface area contributed by atoms with Gasteiger partial charge < -0.3 is 4.98 Å². The van der Waals surface area contributed by atoms with Crippen molar-refractivity contribution in [2.45, 2.75) is 0 Å². The van der Waals surface area contributed by atoms with Crippen molar-refractivity contribution >= 4 is 73.2 Å². The Bertz CT molecular complexity index is 518. The molecule has 0 unspecified atom stereocenters. The molecule has 0 spiro atoms. The van der Waals surface area contributed by atoms with Gasteiger partial charge >= 0.3 is 0 Å². The maximum Gasteiger partial charge on any atom is 0.0464 e. The van der Waals surface area contributed by atoms with Gasteiger partial charge in [-0.1, -0.05) is 36.4 Å². The molecule has 0 fully saturated rings. The summed E-state index contributed by atoms with van der Waals surface area (Å²) in [6.45, 7) is 0. The first-order chi connectivity index (χ1) is 6.45. The van der Waals surface area contributed by atoms with Crippen molar-refractivity contribution in [2.24, 2.45) is 0 Å². The van der Waals surface area contributed by atoms with Crippen LogP contribution in [-0.2, 0) is 0 Å². The van der Waals surface area contributed by atoms with Gasteiger partial charge in [-0.3, -0.25) is 0 Å². The summed E-state index contributed by atoms with van der Waals surface area (Å²) in [4.78, 5) is 3.38. The van der Waals surface area contributed by atoms with Crippen molar-refractivity contribution in [3.63, 3.8) is 0 Å². The number of hydrogen-bond acceptors (Lipinski definition) is 0. The summed E-state index contributed by atoms with van der Waals surface area (Å²) in [5, 5.41) is 2.61. The van der Waals surface area contributed by atoms with E-state index in [1.165, 1.54) is 21.8 Å². The quantitative estimate of drug-likeness (QED) is 0.544. The number of hydrogen-bond donors (Lipinski definition) is 1.